The second-order valence-electron chi connectivity index (χ2n) is 6.60. The van der Waals surface area contributed by atoms with E-state index in [1.165, 1.54) is 4.90 Å². The summed E-state index contributed by atoms with van der Waals surface area (Å²) in [4.78, 5) is 37.4. The maximum atomic E-state index is 12.7. The first-order valence-electron chi connectivity index (χ1n) is 8.50. The van der Waals surface area contributed by atoms with Crippen LogP contribution in [0.25, 0.3) is 0 Å². The predicted molar refractivity (Wildman–Crippen MR) is 95.8 cm³/mol. The first-order chi connectivity index (χ1) is 12.3. The van der Waals surface area contributed by atoms with Crippen molar-refractivity contribution in [3.63, 3.8) is 0 Å². The molecule has 2 N–H and O–H groups in total. The smallest absolute Gasteiger partial charge is 0.408 e. The third kappa shape index (κ3) is 5.11. The number of carbonyl (C=O) groups is 3. The van der Waals surface area contributed by atoms with E-state index >= 15 is 0 Å². The van der Waals surface area contributed by atoms with Gasteiger partial charge in [-0.05, 0) is 36.5 Å². The van der Waals surface area contributed by atoms with Gasteiger partial charge in [0.05, 0.1) is 0 Å². The lowest BCUT2D eigenvalue weighted by Gasteiger charge is -2.29. The number of nitrogens with zero attached hydrogens (tertiary/aromatic N) is 1. The summed E-state index contributed by atoms with van der Waals surface area (Å²) in [5, 5.41) is 12.4. The Bertz CT molecular complexity index is 662. The Morgan fingerprint density at radius 3 is 2.54 bits per heavy atom. The second kappa shape index (κ2) is 8.89. The first-order valence-corrected chi connectivity index (χ1v) is 8.88. The van der Waals surface area contributed by atoms with Crippen molar-refractivity contribution in [3.05, 3.63) is 34.9 Å². The van der Waals surface area contributed by atoms with Crippen LogP contribution in [0.15, 0.2) is 24.3 Å². The van der Waals surface area contributed by atoms with Gasteiger partial charge in [0.15, 0.2) is 0 Å². The molecule has 0 unspecified atom stereocenters. The van der Waals surface area contributed by atoms with Gasteiger partial charge in [-0.25, -0.2) is 9.59 Å². The molecule has 26 heavy (non-hydrogen) atoms. The Balaban J connectivity index is 1.96. The first kappa shape index (κ1) is 20.0. The van der Waals surface area contributed by atoms with E-state index in [1.54, 1.807) is 38.1 Å². The molecular formula is C18H23ClN2O5. The molecule has 0 aromatic heterocycles. The molecule has 1 fully saturated rings. The summed E-state index contributed by atoms with van der Waals surface area (Å²) in [6, 6.07) is 5.18. The summed E-state index contributed by atoms with van der Waals surface area (Å²) in [5.41, 5.74) is 0.766. The Morgan fingerprint density at radius 2 is 1.96 bits per heavy atom. The Labute approximate surface area is 157 Å². The lowest BCUT2D eigenvalue weighted by molar-refractivity contribution is -0.149. The zero-order valence-corrected chi connectivity index (χ0v) is 15.5. The third-order valence-electron chi connectivity index (χ3n) is 4.31. The van der Waals surface area contributed by atoms with Gasteiger partial charge in [0.2, 0.25) is 5.91 Å². The number of carboxylic acid groups (broad SMARTS) is 1. The zero-order chi connectivity index (χ0) is 19.3. The summed E-state index contributed by atoms with van der Waals surface area (Å²) in [6.07, 6.45) is 0.333. The number of halogens is 1. The van der Waals surface area contributed by atoms with Crippen LogP contribution in [0.5, 0.6) is 0 Å². The van der Waals surface area contributed by atoms with Crippen LogP contribution in [0.3, 0.4) is 0 Å². The lowest BCUT2D eigenvalue weighted by Crippen LogP contribution is -2.53. The standard InChI is InChI=1S/C18H23ClN2O5/c1-11(2)15(16(22)21-9-3-4-14(21)17(23)24)20-18(25)26-10-12-5-7-13(19)8-6-12/h5-8,11,14-15H,3-4,9-10H2,1-2H3,(H,20,25)(H,23,24)/t14-,15-/m0/s1. The number of rotatable bonds is 6. The van der Waals surface area contributed by atoms with Crippen LogP contribution in [0, 0.1) is 5.92 Å². The summed E-state index contributed by atoms with van der Waals surface area (Å²) < 4.78 is 5.16. The lowest BCUT2D eigenvalue weighted by atomic mass is 10.0. The highest BCUT2D eigenvalue weighted by Gasteiger charge is 2.38. The molecule has 142 valence electrons. The number of ether oxygens (including phenoxy) is 1. The predicted octanol–water partition coefficient (Wildman–Crippen LogP) is 2.67. The molecule has 7 nitrogen and oxygen atoms in total. The van der Waals surface area contributed by atoms with Crippen LogP contribution in [-0.4, -0.2) is 46.6 Å². The van der Waals surface area contributed by atoms with Gasteiger partial charge in [0.25, 0.3) is 0 Å². The number of likely N-dealkylation sites (tertiary alicyclic amines) is 1. The summed E-state index contributed by atoms with van der Waals surface area (Å²) in [6.45, 7) is 3.99. The fraction of sp³-hybridized carbons (Fsp3) is 0.500. The molecule has 0 saturated carbocycles. The maximum absolute atomic E-state index is 12.7. The van der Waals surface area contributed by atoms with Crippen molar-refractivity contribution >= 4 is 29.6 Å². The fourth-order valence-corrected chi connectivity index (χ4v) is 3.00. The Hall–Kier alpha value is -2.28. The van der Waals surface area contributed by atoms with E-state index in [-0.39, 0.29) is 12.5 Å². The molecule has 2 amide bonds. The number of nitrogens with one attached hydrogen (secondary N) is 1. The number of hydrogen-bond donors (Lipinski definition) is 2. The van der Waals surface area contributed by atoms with Crippen molar-refractivity contribution in [3.8, 4) is 0 Å². The van der Waals surface area contributed by atoms with Crippen LogP contribution in [-0.2, 0) is 20.9 Å². The quantitative estimate of drug-likeness (QED) is 0.788. The average molecular weight is 383 g/mol. The zero-order valence-electron chi connectivity index (χ0n) is 14.8. The summed E-state index contributed by atoms with van der Waals surface area (Å²) in [7, 11) is 0. The van der Waals surface area contributed by atoms with Gasteiger partial charge in [-0.3, -0.25) is 4.79 Å². The molecule has 1 aliphatic rings. The number of carboxylic acids is 1. The second-order valence-corrected chi connectivity index (χ2v) is 7.03. The SMILES string of the molecule is CC(C)[C@H](NC(=O)OCc1ccc(Cl)cc1)C(=O)N1CCC[C@H]1C(=O)O. The molecule has 1 aromatic carbocycles. The average Bonchev–Trinajstić information content (AvgIpc) is 3.08. The molecule has 0 spiro atoms. The maximum Gasteiger partial charge on any atom is 0.408 e. The van der Waals surface area contributed by atoms with Crippen molar-refractivity contribution in [2.45, 2.75) is 45.4 Å². The van der Waals surface area contributed by atoms with E-state index in [4.69, 9.17) is 16.3 Å². The topological polar surface area (TPSA) is 95.9 Å². The molecule has 0 radical (unpaired) electrons. The molecule has 2 atom stereocenters. The van der Waals surface area contributed by atoms with Gasteiger partial charge in [0, 0.05) is 11.6 Å². The number of hydrogen-bond acceptors (Lipinski definition) is 4. The third-order valence-corrected chi connectivity index (χ3v) is 4.56. The molecule has 1 aliphatic heterocycles. The Kier molecular flexibility index (Phi) is 6.85. The van der Waals surface area contributed by atoms with Crippen molar-refractivity contribution < 1.29 is 24.2 Å². The van der Waals surface area contributed by atoms with Gasteiger partial charge in [-0.2, -0.15) is 0 Å². The van der Waals surface area contributed by atoms with Gasteiger partial charge < -0.3 is 20.1 Å². The monoisotopic (exact) mass is 382 g/mol. The fourth-order valence-electron chi connectivity index (χ4n) is 2.88. The van der Waals surface area contributed by atoms with E-state index in [0.29, 0.717) is 24.4 Å². The van der Waals surface area contributed by atoms with Gasteiger partial charge in [-0.15, -0.1) is 0 Å². The van der Waals surface area contributed by atoms with Crippen molar-refractivity contribution in [2.24, 2.45) is 5.92 Å². The molecule has 2 rings (SSSR count). The van der Waals surface area contributed by atoms with Gasteiger partial charge in [0.1, 0.15) is 18.7 Å². The van der Waals surface area contributed by atoms with Crippen LogP contribution in [0.2, 0.25) is 5.02 Å². The van der Waals surface area contributed by atoms with Crippen LogP contribution < -0.4 is 5.32 Å². The molecule has 0 aliphatic carbocycles. The van der Waals surface area contributed by atoms with Crippen LogP contribution >= 0.6 is 11.6 Å². The van der Waals surface area contributed by atoms with E-state index in [0.717, 1.165) is 5.56 Å². The number of amides is 2. The number of aliphatic carboxylic acids is 1. The molecule has 0 bridgehead atoms. The van der Waals surface area contributed by atoms with Crippen molar-refractivity contribution in [2.75, 3.05) is 6.54 Å². The highest BCUT2D eigenvalue weighted by Crippen LogP contribution is 2.20. The van der Waals surface area contributed by atoms with E-state index in [9.17, 15) is 19.5 Å². The Morgan fingerprint density at radius 1 is 1.31 bits per heavy atom. The van der Waals surface area contributed by atoms with Crippen molar-refractivity contribution in [1.82, 2.24) is 10.2 Å². The minimum Gasteiger partial charge on any atom is -0.480 e. The van der Waals surface area contributed by atoms with Crippen LogP contribution in [0.1, 0.15) is 32.3 Å². The largest absolute Gasteiger partial charge is 0.480 e. The van der Waals surface area contributed by atoms with Crippen LogP contribution in [0.4, 0.5) is 4.79 Å². The number of alkyl carbamates (subject to hydrolysis) is 1. The normalized spacial score (nSPS) is 17.8. The summed E-state index contributed by atoms with van der Waals surface area (Å²) in [5.74, 6) is -1.63. The minimum absolute atomic E-state index is 0.0451. The van der Waals surface area contributed by atoms with E-state index in [1.807, 2.05) is 0 Å². The molecule has 8 heteroatoms. The highest BCUT2D eigenvalue weighted by atomic mass is 35.5. The van der Waals surface area contributed by atoms with Gasteiger partial charge >= 0.3 is 12.1 Å². The highest BCUT2D eigenvalue weighted by molar-refractivity contribution is 6.30. The van der Waals surface area contributed by atoms with E-state index in [2.05, 4.69) is 5.32 Å². The minimum atomic E-state index is -1.02. The molecule has 1 saturated heterocycles. The molecule has 1 heterocycles. The summed E-state index contributed by atoms with van der Waals surface area (Å²) >= 11 is 5.81. The molecule has 1 aromatic rings. The number of benzene rings is 1. The molecular weight excluding hydrogens is 360 g/mol. The van der Waals surface area contributed by atoms with Crippen molar-refractivity contribution in [1.29, 1.82) is 0 Å². The van der Waals surface area contributed by atoms with E-state index < -0.39 is 30.1 Å². The number of carbonyl (C=O) groups excluding carboxylic acids is 2. The van der Waals surface area contributed by atoms with Gasteiger partial charge in [-0.1, -0.05) is 37.6 Å².